The lowest BCUT2D eigenvalue weighted by Crippen LogP contribution is -2.46. The second kappa shape index (κ2) is 10.8. The number of rotatable bonds is 7. The van der Waals surface area contributed by atoms with Gasteiger partial charge in [-0.15, -0.1) is 0 Å². The van der Waals surface area contributed by atoms with Gasteiger partial charge in [0.15, 0.2) is 11.4 Å². The van der Waals surface area contributed by atoms with Crippen molar-refractivity contribution in [1.82, 2.24) is 15.3 Å². The molecular formula is C25H33FN4O6. The third-order valence-electron chi connectivity index (χ3n) is 6.52. The Balaban J connectivity index is 1.95. The Morgan fingerprint density at radius 2 is 2.08 bits per heavy atom. The number of nitrogens with zero attached hydrogens (tertiary/aromatic N) is 3. The molecule has 11 heteroatoms. The molecule has 196 valence electrons. The molecule has 0 spiro atoms. The lowest BCUT2D eigenvalue weighted by atomic mass is 9.98. The Morgan fingerprint density at radius 3 is 2.72 bits per heavy atom. The van der Waals surface area contributed by atoms with Gasteiger partial charge in [0.2, 0.25) is 5.76 Å². The third-order valence-corrected chi connectivity index (χ3v) is 6.52. The second-order valence-electron chi connectivity index (χ2n) is 8.88. The van der Waals surface area contributed by atoms with Crippen LogP contribution >= 0.6 is 0 Å². The highest BCUT2D eigenvalue weighted by atomic mass is 19.1. The summed E-state index contributed by atoms with van der Waals surface area (Å²) in [5.41, 5.74) is 1.31. The third kappa shape index (κ3) is 4.85. The normalized spacial score (nSPS) is 19.7. The minimum atomic E-state index is -0.656. The van der Waals surface area contributed by atoms with Crippen molar-refractivity contribution >= 4 is 34.4 Å². The van der Waals surface area contributed by atoms with E-state index in [0.717, 1.165) is 11.5 Å². The molecular weight excluding hydrogens is 471 g/mol. The summed E-state index contributed by atoms with van der Waals surface area (Å²) >= 11 is 0. The molecule has 3 heterocycles. The molecule has 0 aliphatic carbocycles. The van der Waals surface area contributed by atoms with Crippen LogP contribution < -0.4 is 10.2 Å². The number of amides is 2. The zero-order chi connectivity index (χ0) is 26.0. The van der Waals surface area contributed by atoms with Crippen molar-refractivity contribution < 1.29 is 32.7 Å². The molecule has 0 radical (unpaired) electrons. The molecule has 0 bridgehead atoms. The fourth-order valence-electron chi connectivity index (χ4n) is 4.60. The lowest BCUT2D eigenvalue weighted by molar-refractivity contribution is -0.0772. The van der Waals surface area contributed by atoms with Gasteiger partial charge in [-0.05, 0) is 38.3 Å². The lowest BCUT2D eigenvalue weighted by Gasteiger charge is -2.36. The molecule has 1 fully saturated rings. The minimum Gasteiger partial charge on any atom is -0.449 e. The highest BCUT2D eigenvalue weighted by Crippen LogP contribution is 2.41. The number of halogens is 1. The Labute approximate surface area is 209 Å². The maximum atomic E-state index is 15.4. The van der Waals surface area contributed by atoms with E-state index >= 15 is 4.39 Å². The summed E-state index contributed by atoms with van der Waals surface area (Å²) in [7, 11) is 4.65. The topological polar surface area (TPSA) is 96.7 Å². The number of hydroxylamine groups is 2. The first-order valence-electron chi connectivity index (χ1n) is 12.1. The van der Waals surface area contributed by atoms with E-state index in [1.165, 1.54) is 25.1 Å². The van der Waals surface area contributed by atoms with Gasteiger partial charge in [-0.3, -0.25) is 14.5 Å². The summed E-state index contributed by atoms with van der Waals surface area (Å²) in [6.45, 7) is 4.87. The first-order valence-corrected chi connectivity index (χ1v) is 12.1. The van der Waals surface area contributed by atoms with Crippen molar-refractivity contribution in [2.24, 2.45) is 0 Å². The van der Waals surface area contributed by atoms with Crippen LogP contribution in [0.15, 0.2) is 22.7 Å². The SMILES string of the molecule is CCOC(=O)N(c1c(C(=O)N(C)OC)oc2c(F)cc(C3=CN(C)CN3)cc12)[C@H]1CCO[C@@H](CC)C1. The number of carbonyl (C=O) groups is 2. The number of benzene rings is 1. The van der Waals surface area contributed by atoms with Gasteiger partial charge in [0.25, 0.3) is 0 Å². The maximum absolute atomic E-state index is 15.4. The van der Waals surface area contributed by atoms with Gasteiger partial charge >= 0.3 is 12.0 Å². The molecule has 36 heavy (non-hydrogen) atoms. The number of nitrogens with one attached hydrogen (secondary N) is 1. The van der Waals surface area contributed by atoms with Crippen LogP contribution in [0.2, 0.25) is 0 Å². The molecule has 1 N–H and O–H groups in total. The summed E-state index contributed by atoms with van der Waals surface area (Å²) in [6.07, 6.45) is 2.99. The number of furan rings is 1. The van der Waals surface area contributed by atoms with Gasteiger partial charge in [0.1, 0.15) is 5.69 Å². The first kappa shape index (κ1) is 25.8. The van der Waals surface area contributed by atoms with Crippen molar-refractivity contribution in [2.45, 2.75) is 45.3 Å². The van der Waals surface area contributed by atoms with Crippen molar-refractivity contribution in [1.29, 1.82) is 0 Å². The van der Waals surface area contributed by atoms with E-state index in [0.29, 0.717) is 42.8 Å². The molecule has 2 amide bonds. The van der Waals surface area contributed by atoms with Crippen LogP contribution in [0.25, 0.3) is 16.7 Å². The molecule has 0 saturated carbocycles. The first-order chi connectivity index (χ1) is 17.3. The fraction of sp³-hybridized carbons (Fsp3) is 0.520. The minimum absolute atomic E-state index is 0.0599. The number of ether oxygens (including phenoxy) is 2. The Hall–Kier alpha value is -3.31. The largest absolute Gasteiger partial charge is 0.449 e. The highest BCUT2D eigenvalue weighted by molar-refractivity contribution is 6.11. The smallest absolute Gasteiger partial charge is 0.414 e. The van der Waals surface area contributed by atoms with Crippen molar-refractivity contribution in [2.75, 3.05) is 46.0 Å². The average Bonchev–Trinajstić information content (AvgIpc) is 3.48. The predicted molar refractivity (Wildman–Crippen MR) is 132 cm³/mol. The Kier molecular flexibility index (Phi) is 7.70. The van der Waals surface area contributed by atoms with Gasteiger partial charge in [-0.1, -0.05) is 6.92 Å². The van der Waals surface area contributed by atoms with Gasteiger partial charge in [-0.2, -0.15) is 0 Å². The average molecular weight is 505 g/mol. The summed E-state index contributed by atoms with van der Waals surface area (Å²) in [6, 6.07) is 2.73. The quantitative estimate of drug-likeness (QED) is 0.567. The second-order valence-corrected chi connectivity index (χ2v) is 8.88. The Bertz CT molecular complexity index is 1170. The molecule has 2 aromatic rings. The summed E-state index contributed by atoms with van der Waals surface area (Å²) < 4.78 is 32.5. The van der Waals surface area contributed by atoms with Gasteiger partial charge < -0.3 is 24.1 Å². The molecule has 10 nitrogen and oxygen atoms in total. The number of fused-ring (bicyclic) bond motifs is 1. The molecule has 2 atom stereocenters. The van der Waals surface area contributed by atoms with Crippen molar-refractivity contribution in [3.05, 3.63) is 35.5 Å². The molecule has 1 aromatic heterocycles. The van der Waals surface area contributed by atoms with Crippen LogP contribution in [-0.4, -0.2) is 75.2 Å². The van der Waals surface area contributed by atoms with Crippen LogP contribution in [0.4, 0.5) is 14.9 Å². The zero-order valence-corrected chi connectivity index (χ0v) is 21.3. The van der Waals surface area contributed by atoms with Crippen LogP contribution in [0.3, 0.4) is 0 Å². The molecule has 4 rings (SSSR count). The molecule has 2 aliphatic rings. The van der Waals surface area contributed by atoms with E-state index in [-0.39, 0.29) is 35.8 Å². The number of carbonyl (C=O) groups excluding carboxylic acids is 2. The number of hydrogen-bond acceptors (Lipinski definition) is 8. The van der Waals surface area contributed by atoms with Crippen LogP contribution in [0.1, 0.15) is 49.2 Å². The maximum Gasteiger partial charge on any atom is 0.414 e. The van der Waals surface area contributed by atoms with E-state index in [4.69, 9.17) is 18.7 Å². The van der Waals surface area contributed by atoms with E-state index < -0.39 is 17.8 Å². The fourth-order valence-corrected chi connectivity index (χ4v) is 4.60. The number of anilines is 1. The van der Waals surface area contributed by atoms with Crippen LogP contribution in [-0.2, 0) is 14.3 Å². The molecule has 0 unspecified atom stereocenters. The predicted octanol–water partition coefficient (Wildman–Crippen LogP) is 3.92. The Morgan fingerprint density at radius 1 is 1.31 bits per heavy atom. The van der Waals surface area contributed by atoms with Crippen LogP contribution in [0.5, 0.6) is 0 Å². The van der Waals surface area contributed by atoms with E-state index in [2.05, 4.69) is 5.32 Å². The van der Waals surface area contributed by atoms with Crippen molar-refractivity contribution in [3.63, 3.8) is 0 Å². The van der Waals surface area contributed by atoms with Crippen molar-refractivity contribution in [3.8, 4) is 0 Å². The zero-order valence-electron chi connectivity index (χ0n) is 21.3. The molecule has 1 aromatic carbocycles. The summed E-state index contributed by atoms with van der Waals surface area (Å²) in [5, 5.41) is 4.48. The highest BCUT2D eigenvalue weighted by Gasteiger charge is 2.38. The monoisotopic (exact) mass is 504 g/mol. The van der Waals surface area contributed by atoms with Gasteiger partial charge in [-0.25, -0.2) is 14.2 Å². The summed E-state index contributed by atoms with van der Waals surface area (Å²) in [4.78, 5) is 35.1. The van der Waals surface area contributed by atoms with Crippen LogP contribution in [0, 0.1) is 5.82 Å². The van der Waals surface area contributed by atoms with E-state index in [9.17, 15) is 9.59 Å². The standard InChI is InChI=1S/C25H33FN4O6/c1-6-17-12-16(8-9-35-17)30(25(32)34-7-2)21-18-10-15(20-13-28(3)14-27-20)11-19(26)22(18)36-23(21)24(31)29(4)33-5/h10-11,13,16-17,27H,6-9,12,14H2,1-5H3/t16-,17-/m0/s1. The molecule has 1 saturated heterocycles. The van der Waals surface area contributed by atoms with E-state index in [1.54, 1.807) is 13.0 Å². The number of hydrogen-bond donors (Lipinski definition) is 1. The van der Waals surface area contributed by atoms with E-state index in [1.807, 2.05) is 25.1 Å². The van der Waals surface area contributed by atoms with Gasteiger partial charge in [0, 0.05) is 43.9 Å². The summed E-state index contributed by atoms with van der Waals surface area (Å²) in [5.74, 6) is -1.51. The van der Waals surface area contributed by atoms with Gasteiger partial charge in [0.05, 0.1) is 32.2 Å². The molecule has 2 aliphatic heterocycles.